The summed E-state index contributed by atoms with van der Waals surface area (Å²) in [7, 11) is 0. The fraction of sp³-hybridized carbons (Fsp3) is 0.533. The summed E-state index contributed by atoms with van der Waals surface area (Å²) >= 11 is 0. The largest absolute Gasteiger partial charge is 0.338 e. The molecule has 0 heterocycles. The first kappa shape index (κ1) is 15.6. The Kier molecular flexibility index (Phi) is 7.11. The van der Waals surface area contributed by atoms with Crippen LogP contribution in [0.3, 0.4) is 0 Å². The maximum Gasteiger partial charge on any atom is 0.222 e. The fourth-order valence-corrected chi connectivity index (χ4v) is 1.88. The van der Waals surface area contributed by atoms with Crippen molar-refractivity contribution in [1.82, 2.24) is 4.90 Å². The van der Waals surface area contributed by atoms with Crippen molar-refractivity contribution in [1.29, 1.82) is 0 Å². The number of unbranched alkanes of at least 4 members (excludes halogenated alkanes) is 1. The first-order valence-corrected chi connectivity index (χ1v) is 6.90. The molecule has 0 aliphatic rings. The lowest BCUT2D eigenvalue weighted by Crippen LogP contribution is -2.32. The van der Waals surface area contributed by atoms with Crippen LogP contribution < -0.4 is 5.73 Å². The highest BCUT2D eigenvalue weighted by Crippen LogP contribution is 2.12. The summed E-state index contributed by atoms with van der Waals surface area (Å²) in [4.78, 5) is 13.8. The van der Waals surface area contributed by atoms with Crippen molar-refractivity contribution in [3.63, 3.8) is 0 Å². The number of rotatable bonds is 8. The second kappa shape index (κ2) is 8.64. The van der Waals surface area contributed by atoms with Gasteiger partial charge in [-0.1, -0.05) is 31.5 Å². The Morgan fingerprint density at radius 2 is 2.05 bits per heavy atom. The summed E-state index contributed by atoms with van der Waals surface area (Å²) in [5.41, 5.74) is 5.99. The van der Waals surface area contributed by atoms with E-state index in [4.69, 9.17) is 5.73 Å². The topological polar surface area (TPSA) is 46.3 Å². The van der Waals surface area contributed by atoms with Crippen LogP contribution in [0.5, 0.6) is 0 Å². The molecule has 1 amide bonds. The molecular weight excluding hydrogens is 243 g/mol. The lowest BCUT2D eigenvalue weighted by Gasteiger charge is -2.23. The first-order valence-electron chi connectivity index (χ1n) is 6.90. The Hall–Kier alpha value is -1.42. The number of hydrogen-bond acceptors (Lipinski definition) is 2. The summed E-state index contributed by atoms with van der Waals surface area (Å²) in [6, 6.07) is 6.61. The second-order valence-corrected chi connectivity index (χ2v) is 4.65. The van der Waals surface area contributed by atoms with Crippen LogP contribution in [-0.2, 0) is 11.3 Å². The van der Waals surface area contributed by atoms with Crippen LogP contribution in [0.2, 0.25) is 0 Å². The van der Waals surface area contributed by atoms with Gasteiger partial charge in [-0.25, -0.2) is 4.39 Å². The minimum absolute atomic E-state index is 0.0575. The Balaban J connectivity index is 2.68. The number of nitrogens with zero attached hydrogens (tertiary/aromatic N) is 1. The number of halogens is 1. The van der Waals surface area contributed by atoms with Gasteiger partial charge in [-0.2, -0.15) is 0 Å². The van der Waals surface area contributed by atoms with Gasteiger partial charge < -0.3 is 10.6 Å². The Bertz CT molecular complexity index is 395. The highest BCUT2D eigenvalue weighted by Gasteiger charge is 2.14. The number of hydrogen-bond donors (Lipinski definition) is 1. The van der Waals surface area contributed by atoms with Gasteiger partial charge in [-0.05, 0) is 25.5 Å². The van der Waals surface area contributed by atoms with Gasteiger partial charge >= 0.3 is 0 Å². The van der Waals surface area contributed by atoms with E-state index in [9.17, 15) is 9.18 Å². The van der Waals surface area contributed by atoms with Crippen LogP contribution in [-0.4, -0.2) is 23.9 Å². The average Bonchev–Trinajstić information content (AvgIpc) is 2.42. The van der Waals surface area contributed by atoms with Crippen LogP contribution in [0.4, 0.5) is 4.39 Å². The average molecular weight is 266 g/mol. The molecule has 0 saturated heterocycles. The summed E-state index contributed by atoms with van der Waals surface area (Å²) in [5, 5.41) is 0. The third-order valence-corrected chi connectivity index (χ3v) is 3.05. The summed E-state index contributed by atoms with van der Waals surface area (Å²) in [6.45, 7) is 3.60. The van der Waals surface area contributed by atoms with E-state index in [1.165, 1.54) is 6.07 Å². The zero-order valence-corrected chi connectivity index (χ0v) is 11.6. The van der Waals surface area contributed by atoms with Crippen molar-refractivity contribution in [2.45, 2.75) is 39.2 Å². The molecule has 1 aromatic carbocycles. The zero-order valence-electron chi connectivity index (χ0n) is 11.6. The van der Waals surface area contributed by atoms with E-state index in [1.54, 1.807) is 23.1 Å². The number of amides is 1. The van der Waals surface area contributed by atoms with E-state index < -0.39 is 0 Å². The smallest absolute Gasteiger partial charge is 0.222 e. The van der Waals surface area contributed by atoms with Crippen molar-refractivity contribution in [3.8, 4) is 0 Å². The SMILES string of the molecule is CCCCN(Cc1ccccc1F)C(=O)CCCN. The van der Waals surface area contributed by atoms with E-state index in [0.717, 1.165) is 12.8 Å². The first-order chi connectivity index (χ1) is 9.19. The van der Waals surface area contributed by atoms with E-state index >= 15 is 0 Å². The van der Waals surface area contributed by atoms with Gasteiger partial charge in [-0.15, -0.1) is 0 Å². The third kappa shape index (κ3) is 5.39. The van der Waals surface area contributed by atoms with Crippen molar-refractivity contribution >= 4 is 5.91 Å². The van der Waals surface area contributed by atoms with E-state index in [1.807, 2.05) is 0 Å². The zero-order chi connectivity index (χ0) is 14.1. The standard InChI is InChI=1S/C15H23FN2O/c1-2-3-11-18(15(19)9-6-10-17)12-13-7-4-5-8-14(13)16/h4-5,7-8H,2-3,6,9-12,17H2,1H3. The third-order valence-electron chi connectivity index (χ3n) is 3.05. The van der Waals surface area contributed by atoms with Gasteiger partial charge in [0.05, 0.1) is 0 Å². The van der Waals surface area contributed by atoms with Crippen LogP contribution in [0.15, 0.2) is 24.3 Å². The lowest BCUT2D eigenvalue weighted by atomic mass is 10.1. The molecule has 0 radical (unpaired) electrons. The predicted octanol–water partition coefficient (Wildman–Crippen LogP) is 2.69. The highest BCUT2D eigenvalue weighted by molar-refractivity contribution is 5.76. The molecule has 3 nitrogen and oxygen atoms in total. The Labute approximate surface area is 114 Å². The molecule has 0 fully saturated rings. The van der Waals surface area contributed by atoms with E-state index in [2.05, 4.69) is 6.92 Å². The molecular formula is C15H23FN2O. The maximum atomic E-state index is 13.6. The van der Waals surface area contributed by atoms with Crippen molar-refractivity contribution in [2.75, 3.05) is 13.1 Å². The monoisotopic (exact) mass is 266 g/mol. The van der Waals surface area contributed by atoms with Gasteiger partial charge in [0.1, 0.15) is 5.82 Å². The molecule has 0 saturated carbocycles. The molecule has 0 unspecified atom stereocenters. The molecule has 0 spiro atoms. The van der Waals surface area contributed by atoms with Crippen molar-refractivity contribution in [3.05, 3.63) is 35.6 Å². The van der Waals surface area contributed by atoms with E-state index in [-0.39, 0.29) is 11.7 Å². The summed E-state index contributed by atoms with van der Waals surface area (Å²) in [6.07, 6.45) is 3.06. The van der Waals surface area contributed by atoms with E-state index in [0.29, 0.717) is 38.0 Å². The molecule has 0 bridgehead atoms. The highest BCUT2D eigenvalue weighted by atomic mass is 19.1. The van der Waals surface area contributed by atoms with Crippen molar-refractivity contribution < 1.29 is 9.18 Å². The number of benzene rings is 1. The van der Waals surface area contributed by atoms with Gasteiger partial charge in [0, 0.05) is 25.1 Å². The molecule has 0 aromatic heterocycles. The number of nitrogens with two attached hydrogens (primary N) is 1. The summed E-state index contributed by atoms with van der Waals surface area (Å²) < 4.78 is 13.6. The van der Waals surface area contributed by atoms with Gasteiger partial charge in [0.15, 0.2) is 0 Å². The molecule has 4 heteroatoms. The lowest BCUT2D eigenvalue weighted by molar-refractivity contribution is -0.132. The van der Waals surface area contributed by atoms with Crippen LogP contribution >= 0.6 is 0 Å². The van der Waals surface area contributed by atoms with Crippen LogP contribution in [0.25, 0.3) is 0 Å². The minimum atomic E-state index is -0.254. The Morgan fingerprint density at radius 1 is 1.32 bits per heavy atom. The normalized spacial score (nSPS) is 10.5. The fourth-order valence-electron chi connectivity index (χ4n) is 1.88. The minimum Gasteiger partial charge on any atom is -0.338 e. The van der Waals surface area contributed by atoms with Crippen LogP contribution in [0, 0.1) is 5.82 Å². The molecule has 1 rings (SSSR count). The molecule has 0 aliphatic heterocycles. The molecule has 1 aromatic rings. The van der Waals surface area contributed by atoms with Crippen molar-refractivity contribution in [2.24, 2.45) is 5.73 Å². The van der Waals surface area contributed by atoms with Gasteiger partial charge in [0.25, 0.3) is 0 Å². The molecule has 0 aliphatic carbocycles. The quantitative estimate of drug-likeness (QED) is 0.786. The second-order valence-electron chi connectivity index (χ2n) is 4.65. The van der Waals surface area contributed by atoms with Crippen LogP contribution in [0.1, 0.15) is 38.2 Å². The number of carbonyl (C=O) groups is 1. The molecule has 19 heavy (non-hydrogen) atoms. The molecule has 2 N–H and O–H groups in total. The molecule has 0 atom stereocenters. The Morgan fingerprint density at radius 3 is 2.68 bits per heavy atom. The molecule has 106 valence electrons. The van der Waals surface area contributed by atoms with Gasteiger partial charge in [0.2, 0.25) is 5.91 Å². The number of carbonyl (C=O) groups excluding carboxylic acids is 1. The summed E-state index contributed by atoms with van der Waals surface area (Å²) in [5.74, 6) is -0.197. The maximum absolute atomic E-state index is 13.6. The van der Waals surface area contributed by atoms with Gasteiger partial charge in [-0.3, -0.25) is 4.79 Å². The predicted molar refractivity (Wildman–Crippen MR) is 75.0 cm³/mol.